The Hall–Kier alpha value is -0.690. The van der Waals surface area contributed by atoms with E-state index in [-0.39, 0.29) is 19.8 Å². The lowest BCUT2D eigenvalue weighted by Crippen LogP contribution is -2.32. The molecule has 0 unspecified atom stereocenters. The summed E-state index contributed by atoms with van der Waals surface area (Å²) in [6.07, 6.45) is 5.88. The van der Waals surface area contributed by atoms with Gasteiger partial charge in [0.2, 0.25) is 0 Å². The average Bonchev–Trinajstić information content (AvgIpc) is 2.40. The van der Waals surface area contributed by atoms with Crippen molar-refractivity contribution in [1.29, 1.82) is 0 Å². The Labute approximate surface area is 122 Å². The monoisotopic (exact) mass is 293 g/mol. The Kier molecular flexibility index (Phi) is 19.8. The van der Waals surface area contributed by atoms with E-state index in [2.05, 4.69) is 6.92 Å². The van der Waals surface area contributed by atoms with Crippen LogP contribution < -0.4 is 0 Å². The first-order chi connectivity index (χ1) is 9.62. The van der Waals surface area contributed by atoms with E-state index in [0.717, 1.165) is 12.8 Å². The van der Waals surface area contributed by atoms with Gasteiger partial charge in [0.15, 0.2) is 0 Å². The Balaban J connectivity index is 0. The van der Waals surface area contributed by atoms with Crippen LogP contribution in [0.2, 0.25) is 0 Å². The van der Waals surface area contributed by atoms with Crippen LogP contribution in [-0.2, 0) is 4.79 Å². The fourth-order valence-corrected chi connectivity index (χ4v) is 1.64. The summed E-state index contributed by atoms with van der Waals surface area (Å²) in [4.78, 5) is 11.8. The number of rotatable bonds is 12. The second-order valence-electron chi connectivity index (χ2n) is 4.57. The van der Waals surface area contributed by atoms with Crippen molar-refractivity contribution in [3.05, 3.63) is 0 Å². The lowest BCUT2D eigenvalue weighted by molar-refractivity contribution is -0.137. The molecule has 122 valence electrons. The molecule has 0 bridgehead atoms. The molecule has 0 saturated carbocycles. The third-order valence-electron chi connectivity index (χ3n) is 2.74. The number of carboxylic acid groups (broad SMARTS) is 1. The molecule has 0 aromatic heterocycles. The largest absolute Gasteiger partial charge is 0.481 e. The number of aliphatic carboxylic acids is 1. The molecule has 20 heavy (non-hydrogen) atoms. The van der Waals surface area contributed by atoms with Crippen LogP contribution in [0.25, 0.3) is 0 Å². The minimum absolute atomic E-state index is 0.0694. The standard InChI is InChI=1S/C8H16O2.C6H15NO3/c1-2-3-4-5-6-7-8(9)10;8-4-1-7(2-5-9)3-6-10/h2-7H2,1H3,(H,9,10);8-10H,1-6H2. The molecule has 6 nitrogen and oxygen atoms in total. The quantitative estimate of drug-likeness (QED) is 0.395. The Morgan fingerprint density at radius 1 is 0.850 bits per heavy atom. The Morgan fingerprint density at radius 3 is 1.65 bits per heavy atom. The van der Waals surface area contributed by atoms with Gasteiger partial charge >= 0.3 is 5.97 Å². The van der Waals surface area contributed by atoms with Crippen LogP contribution in [0.5, 0.6) is 0 Å². The van der Waals surface area contributed by atoms with E-state index < -0.39 is 5.97 Å². The first-order valence-electron chi connectivity index (χ1n) is 7.39. The van der Waals surface area contributed by atoms with Crippen LogP contribution in [0.15, 0.2) is 0 Å². The molecular formula is C14H31NO5. The Morgan fingerprint density at radius 2 is 1.30 bits per heavy atom. The summed E-state index contributed by atoms with van der Waals surface area (Å²) in [6.45, 7) is 3.90. The summed E-state index contributed by atoms with van der Waals surface area (Å²) in [7, 11) is 0. The summed E-state index contributed by atoms with van der Waals surface area (Å²) < 4.78 is 0. The molecule has 0 aromatic carbocycles. The molecule has 0 saturated heterocycles. The van der Waals surface area contributed by atoms with Crippen molar-refractivity contribution >= 4 is 5.97 Å². The van der Waals surface area contributed by atoms with Crippen LogP contribution >= 0.6 is 0 Å². The third-order valence-corrected chi connectivity index (χ3v) is 2.74. The lowest BCUT2D eigenvalue weighted by atomic mass is 10.1. The average molecular weight is 293 g/mol. The first-order valence-corrected chi connectivity index (χ1v) is 7.39. The predicted octanol–water partition coefficient (Wildman–Crippen LogP) is 0.697. The number of unbranched alkanes of at least 4 members (excludes halogenated alkanes) is 4. The summed E-state index contributed by atoms with van der Waals surface area (Å²) in [5.41, 5.74) is 0. The fourth-order valence-electron chi connectivity index (χ4n) is 1.64. The molecule has 0 amide bonds. The molecular weight excluding hydrogens is 262 g/mol. The van der Waals surface area contributed by atoms with Crippen molar-refractivity contribution in [3.8, 4) is 0 Å². The number of aliphatic hydroxyl groups is 3. The number of aliphatic hydroxyl groups excluding tert-OH is 3. The number of carbonyl (C=O) groups is 1. The zero-order valence-corrected chi connectivity index (χ0v) is 12.6. The number of carboxylic acids is 1. The van der Waals surface area contributed by atoms with Gasteiger partial charge in [-0.15, -0.1) is 0 Å². The Bertz CT molecular complexity index is 188. The van der Waals surface area contributed by atoms with E-state index in [1.807, 2.05) is 0 Å². The molecule has 6 heteroatoms. The van der Waals surface area contributed by atoms with Crippen LogP contribution in [-0.4, -0.2) is 70.8 Å². The number of nitrogens with zero attached hydrogens (tertiary/aromatic N) is 1. The van der Waals surface area contributed by atoms with Crippen LogP contribution in [0.3, 0.4) is 0 Å². The van der Waals surface area contributed by atoms with Crippen molar-refractivity contribution < 1.29 is 25.2 Å². The normalized spacial score (nSPS) is 10.2. The van der Waals surface area contributed by atoms with Crippen LogP contribution in [0, 0.1) is 0 Å². The van der Waals surface area contributed by atoms with E-state index in [4.69, 9.17) is 20.4 Å². The lowest BCUT2D eigenvalue weighted by Gasteiger charge is -2.17. The summed E-state index contributed by atoms with van der Waals surface area (Å²) in [6, 6.07) is 0. The van der Waals surface area contributed by atoms with E-state index in [0.29, 0.717) is 26.1 Å². The maximum absolute atomic E-state index is 10.0. The van der Waals surface area contributed by atoms with Gasteiger partial charge in [0.25, 0.3) is 0 Å². The topological polar surface area (TPSA) is 101 Å². The second kappa shape index (κ2) is 18.3. The van der Waals surface area contributed by atoms with Crippen molar-refractivity contribution in [2.24, 2.45) is 0 Å². The SMILES string of the molecule is CCCCCCCC(=O)O.OCCN(CCO)CCO. The smallest absolute Gasteiger partial charge is 0.303 e. The van der Waals surface area contributed by atoms with Crippen molar-refractivity contribution in [1.82, 2.24) is 4.90 Å². The molecule has 0 rings (SSSR count). The fraction of sp³-hybridized carbons (Fsp3) is 0.929. The number of hydrogen-bond donors (Lipinski definition) is 4. The molecule has 4 N–H and O–H groups in total. The highest BCUT2D eigenvalue weighted by molar-refractivity contribution is 5.66. The van der Waals surface area contributed by atoms with Gasteiger partial charge in [-0.25, -0.2) is 0 Å². The van der Waals surface area contributed by atoms with Crippen LogP contribution in [0.1, 0.15) is 45.4 Å². The van der Waals surface area contributed by atoms with Gasteiger partial charge in [-0.05, 0) is 6.42 Å². The zero-order chi connectivity index (χ0) is 15.6. The van der Waals surface area contributed by atoms with Crippen molar-refractivity contribution in [2.45, 2.75) is 45.4 Å². The van der Waals surface area contributed by atoms with Crippen molar-refractivity contribution in [2.75, 3.05) is 39.5 Å². The molecule has 0 aromatic rings. The molecule has 0 aliphatic rings. The minimum Gasteiger partial charge on any atom is -0.481 e. The van der Waals surface area contributed by atoms with Gasteiger partial charge in [-0.3, -0.25) is 9.69 Å². The van der Waals surface area contributed by atoms with Crippen molar-refractivity contribution in [3.63, 3.8) is 0 Å². The zero-order valence-electron chi connectivity index (χ0n) is 12.6. The van der Waals surface area contributed by atoms with Gasteiger partial charge in [-0.2, -0.15) is 0 Å². The molecule has 0 spiro atoms. The molecule has 0 radical (unpaired) electrons. The molecule has 0 heterocycles. The van der Waals surface area contributed by atoms with Gasteiger partial charge in [-0.1, -0.05) is 32.6 Å². The highest BCUT2D eigenvalue weighted by Gasteiger charge is 2.00. The van der Waals surface area contributed by atoms with E-state index in [1.165, 1.54) is 19.3 Å². The minimum atomic E-state index is -0.670. The van der Waals surface area contributed by atoms with E-state index in [9.17, 15) is 4.79 Å². The summed E-state index contributed by atoms with van der Waals surface area (Å²) in [5.74, 6) is -0.670. The number of hydrogen-bond acceptors (Lipinski definition) is 5. The summed E-state index contributed by atoms with van der Waals surface area (Å²) >= 11 is 0. The van der Waals surface area contributed by atoms with Gasteiger partial charge in [0, 0.05) is 26.1 Å². The van der Waals surface area contributed by atoms with Gasteiger partial charge < -0.3 is 20.4 Å². The molecule has 0 aliphatic carbocycles. The van der Waals surface area contributed by atoms with E-state index >= 15 is 0 Å². The third kappa shape index (κ3) is 19.6. The predicted molar refractivity (Wildman–Crippen MR) is 78.7 cm³/mol. The van der Waals surface area contributed by atoms with Gasteiger partial charge in [0.1, 0.15) is 0 Å². The first kappa shape index (κ1) is 21.6. The highest BCUT2D eigenvalue weighted by atomic mass is 16.4. The van der Waals surface area contributed by atoms with Crippen LogP contribution in [0.4, 0.5) is 0 Å². The van der Waals surface area contributed by atoms with E-state index in [1.54, 1.807) is 4.90 Å². The summed E-state index contributed by atoms with van der Waals surface area (Å²) in [5, 5.41) is 33.7. The maximum Gasteiger partial charge on any atom is 0.303 e. The molecule has 0 atom stereocenters. The maximum atomic E-state index is 10.0. The molecule has 0 aliphatic heterocycles. The van der Waals surface area contributed by atoms with Gasteiger partial charge in [0.05, 0.1) is 19.8 Å². The second-order valence-corrected chi connectivity index (χ2v) is 4.57. The highest BCUT2D eigenvalue weighted by Crippen LogP contribution is 2.04. The molecule has 0 fully saturated rings.